The van der Waals surface area contributed by atoms with Gasteiger partial charge in [0.25, 0.3) is 0 Å². The summed E-state index contributed by atoms with van der Waals surface area (Å²) < 4.78 is -0.264. The number of nitrogens with one attached hydrogen (secondary N) is 2. The second-order valence-electron chi connectivity index (χ2n) is 9.65. The Kier molecular flexibility index (Phi) is 7.93. The Morgan fingerprint density at radius 3 is 2.76 bits per heavy atom. The number of carboxylic acids is 1. The molecule has 1 spiro atoms. The molecule has 8 nitrogen and oxygen atoms in total. The first-order valence-corrected chi connectivity index (χ1v) is 13.9. The van der Waals surface area contributed by atoms with Crippen LogP contribution in [0, 0.1) is 0 Å². The molecule has 1 unspecified atom stereocenters. The van der Waals surface area contributed by atoms with Crippen molar-refractivity contribution in [2.45, 2.75) is 73.4 Å². The van der Waals surface area contributed by atoms with E-state index in [9.17, 15) is 19.5 Å². The minimum atomic E-state index is -1.01. The number of benzene rings is 1. The van der Waals surface area contributed by atoms with Crippen molar-refractivity contribution in [3.05, 3.63) is 35.4 Å². The quantitative estimate of drug-likeness (QED) is 0.369. The number of aliphatic carboxylic acids is 1. The molecule has 4 rings (SSSR count). The molecule has 2 saturated heterocycles. The fourth-order valence-corrected chi connectivity index (χ4v) is 8.33. The van der Waals surface area contributed by atoms with Gasteiger partial charge >= 0.3 is 5.97 Å². The average molecular weight is 507 g/mol. The molecule has 3 aliphatic heterocycles. The molecule has 2 fully saturated rings. The highest BCUT2D eigenvalue weighted by Crippen LogP contribution is 2.50. The number of nitrogens with two attached hydrogens (primary N) is 1. The summed E-state index contributed by atoms with van der Waals surface area (Å²) in [5.41, 5.74) is 7.58. The summed E-state index contributed by atoms with van der Waals surface area (Å²) in [6.07, 6.45) is 4.24. The fraction of sp³-hybridized carbons (Fsp3) is 0.625. The van der Waals surface area contributed by atoms with Gasteiger partial charge in [-0.1, -0.05) is 44.0 Å². The van der Waals surface area contributed by atoms with Gasteiger partial charge in [0.1, 0.15) is 16.5 Å². The summed E-state index contributed by atoms with van der Waals surface area (Å²) in [7, 11) is 0. The van der Waals surface area contributed by atoms with Crippen molar-refractivity contribution < 1.29 is 19.5 Å². The predicted octanol–water partition coefficient (Wildman–Crippen LogP) is 1.57. The Balaban J connectivity index is 1.55. The average Bonchev–Trinajstić information content (AvgIpc) is 3.37. The van der Waals surface area contributed by atoms with E-state index in [-0.39, 0.29) is 16.2 Å². The van der Waals surface area contributed by atoms with E-state index in [0.29, 0.717) is 31.7 Å². The maximum absolute atomic E-state index is 13.4. The highest BCUT2D eigenvalue weighted by molar-refractivity contribution is 8.18. The number of unbranched alkanes of at least 4 members (excludes halogenated alkanes) is 1. The molecule has 3 heterocycles. The molecule has 3 aliphatic rings. The van der Waals surface area contributed by atoms with Crippen LogP contribution in [0.5, 0.6) is 0 Å². The van der Waals surface area contributed by atoms with E-state index in [4.69, 9.17) is 5.73 Å². The molecule has 1 amide bonds. The summed E-state index contributed by atoms with van der Waals surface area (Å²) >= 11 is 3.49. The Morgan fingerprint density at radius 2 is 2.12 bits per heavy atom. The topological polar surface area (TPSA) is 125 Å². The molecule has 10 heteroatoms. The van der Waals surface area contributed by atoms with Gasteiger partial charge in [0, 0.05) is 37.1 Å². The number of carboxylic acid groups (broad SMARTS) is 1. The molecule has 5 atom stereocenters. The van der Waals surface area contributed by atoms with Gasteiger partial charge in [-0.2, -0.15) is 0 Å². The monoisotopic (exact) mass is 506 g/mol. The van der Waals surface area contributed by atoms with Crippen molar-refractivity contribution in [3.63, 3.8) is 0 Å². The zero-order valence-corrected chi connectivity index (χ0v) is 21.1. The number of nitrogens with zero attached hydrogens (tertiary/aromatic N) is 1. The Hall–Kier alpha value is -1.59. The lowest BCUT2D eigenvalue weighted by atomic mass is 9.91. The van der Waals surface area contributed by atoms with Crippen molar-refractivity contribution in [1.29, 1.82) is 0 Å². The van der Waals surface area contributed by atoms with Crippen LogP contribution in [0.4, 0.5) is 0 Å². The number of rotatable bonds is 9. The summed E-state index contributed by atoms with van der Waals surface area (Å²) in [6, 6.07) is 6.65. The first kappa shape index (κ1) is 25.5. The predicted molar refractivity (Wildman–Crippen MR) is 136 cm³/mol. The zero-order valence-electron chi connectivity index (χ0n) is 19.5. The van der Waals surface area contributed by atoms with E-state index < -0.39 is 23.6 Å². The molecular formula is C24H34N4O4S2. The summed E-state index contributed by atoms with van der Waals surface area (Å²) in [5.74, 6) is 0.151. The lowest BCUT2D eigenvalue weighted by Crippen LogP contribution is -2.62. The van der Waals surface area contributed by atoms with Crippen LogP contribution in [0.15, 0.2) is 24.3 Å². The van der Waals surface area contributed by atoms with Gasteiger partial charge in [-0.25, -0.2) is 4.79 Å². The summed E-state index contributed by atoms with van der Waals surface area (Å²) in [5, 5.41) is 16.0. The molecule has 0 bridgehead atoms. The van der Waals surface area contributed by atoms with E-state index in [1.54, 1.807) is 23.5 Å². The number of amides is 1. The molecule has 1 aromatic rings. The Labute approximate surface area is 209 Å². The minimum absolute atomic E-state index is 0.101. The van der Waals surface area contributed by atoms with Crippen LogP contribution in [0.2, 0.25) is 0 Å². The van der Waals surface area contributed by atoms with Crippen LogP contribution in [0.1, 0.15) is 43.7 Å². The molecule has 0 aromatic heterocycles. The minimum Gasteiger partial charge on any atom is -0.480 e. The van der Waals surface area contributed by atoms with Gasteiger partial charge < -0.3 is 21.0 Å². The van der Waals surface area contributed by atoms with Crippen LogP contribution in [0.3, 0.4) is 0 Å². The SMILES string of the molecule is CCCC[C@H](NC(=O)[C@@H]1Cc2ccccc2CN1C[C@@]1(C=O)CSC2(C[C@@H](N)CS2)N1)C(=O)O. The highest BCUT2D eigenvalue weighted by Gasteiger charge is 2.53. The van der Waals surface area contributed by atoms with Crippen LogP contribution in [-0.4, -0.2) is 74.1 Å². The summed E-state index contributed by atoms with van der Waals surface area (Å²) in [6.45, 7) is 2.90. The maximum Gasteiger partial charge on any atom is 0.326 e. The lowest BCUT2D eigenvalue weighted by Gasteiger charge is -2.40. The molecular weight excluding hydrogens is 472 g/mol. The van der Waals surface area contributed by atoms with Gasteiger partial charge in [-0.05, 0) is 24.0 Å². The number of carbonyl (C=O) groups excluding carboxylic acids is 2. The second kappa shape index (κ2) is 10.6. The van der Waals surface area contributed by atoms with E-state index in [1.165, 1.54) is 0 Å². The van der Waals surface area contributed by atoms with E-state index in [2.05, 4.69) is 16.7 Å². The van der Waals surface area contributed by atoms with Gasteiger partial charge in [0.05, 0.1) is 11.6 Å². The van der Waals surface area contributed by atoms with Crippen molar-refractivity contribution in [1.82, 2.24) is 15.5 Å². The first-order chi connectivity index (χ1) is 16.3. The van der Waals surface area contributed by atoms with Gasteiger partial charge in [-0.15, -0.1) is 23.5 Å². The van der Waals surface area contributed by atoms with E-state index >= 15 is 0 Å². The van der Waals surface area contributed by atoms with Crippen molar-refractivity contribution in [2.24, 2.45) is 5.73 Å². The molecule has 5 N–H and O–H groups in total. The summed E-state index contributed by atoms with van der Waals surface area (Å²) in [4.78, 5) is 39.6. The van der Waals surface area contributed by atoms with Crippen LogP contribution in [-0.2, 0) is 27.3 Å². The largest absolute Gasteiger partial charge is 0.480 e. The van der Waals surface area contributed by atoms with Crippen molar-refractivity contribution in [3.8, 4) is 0 Å². The number of hydrogen-bond donors (Lipinski definition) is 4. The molecule has 0 saturated carbocycles. The van der Waals surface area contributed by atoms with Crippen molar-refractivity contribution in [2.75, 3.05) is 18.1 Å². The molecule has 34 heavy (non-hydrogen) atoms. The maximum atomic E-state index is 13.4. The lowest BCUT2D eigenvalue weighted by molar-refractivity contribution is -0.143. The fourth-order valence-electron chi connectivity index (χ4n) is 5.07. The number of thioether (sulfide) groups is 2. The number of aldehydes is 1. The third-order valence-corrected chi connectivity index (χ3v) is 10.3. The number of carbonyl (C=O) groups is 3. The smallest absolute Gasteiger partial charge is 0.326 e. The third-order valence-electron chi connectivity index (χ3n) is 6.88. The third kappa shape index (κ3) is 5.46. The van der Waals surface area contributed by atoms with Crippen LogP contribution < -0.4 is 16.4 Å². The molecule has 186 valence electrons. The molecule has 0 aliphatic carbocycles. The molecule has 0 radical (unpaired) electrons. The van der Waals surface area contributed by atoms with Crippen molar-refractivity contribution >= 4 is 41.7 Å². The highest BCUT2D eigenvalue weighted by atomic mass is 32.2. The van der Waals surface area contributed by atoms with E-state index in [1.807, 2.05) is 30.0 Å². The number of fused-ring (bicyclic) bond motifs is 1. The van der Waals surface area contributed by atoms with Gasteiger partial charge in [0.15, 0.2) is 0 Å². The Morgan fingerprint density at radius 1 is 1.35 bits per heavy atom. The zero-order chi connectivity index (χ0) is 24.3. The second-order valence-corrected chi connectivity index (χ2v) is 12.5. The van der Waals surface area contributed by atoms with Gasteiger partial charge in [-0.3, -0.25) is 15.0 Å². The van der Waals surface area contributed by atoms with Gasteiger partial charge in [0.2, 0.25) is 5.91 Å². The number of hydrogen-bond acceptors (Lipinski definition) is 8. The van der Waals surface area contributed by atoms with E-state index in [0.717, 1.165) is 42.4 Å². The van der Waals surface area contributed by atoms with Crippen LogP contribution in [0.25, 0.3) is 0 Å². The molecule has 1 aromatic carbocycles. The van der Waals surface area contributed by atoms with Crippen LogP contribution >= 0.6 is 23.5 Å². The first-order valence-electron chi connectivity index (χ1n) is 11.9. The standard InChI is InChI=1S/C24H34N4O4S2/c1-2-3-8-19(22(31)32)26-21(30)20-9-16-6-4-5-7-17(16)11-28(20)13-23(14-29)15-34-24(27-23)10-18(25)12-33-24/h4-7,14,18-20,27H,2-3,8-13,15,25H2,1H3,(H,26,30)(H,31,32)/t18-,19+,20+,23-,24?/m1/s1. The Bertz CT molecular complexity index is 934. The normalized spacial score (nSPS) is 31.8.